The summed E-state index contributed by atoms with van der Waals surface area (Å²) in [4.78, 5) is 11.4. The summed E-state index contributed by atoms with van der Waals surface area (Å²) in [5.41, 5.74) is 2.55. The van der Waals surface area contributed by atoms with Gasteiger partial charge in [-0.05, 0) is 43.7 Å². The van der Waals surface area contributed by atoms with E-state index in [1.165, 1.54) is 25.7 Å². The summed E-state index contributed by atoms with van der Waals surface area (Å²) in [7, 11) is 1.87. The largest absolute Gasteiger partial charge is 0.351 e. The summed E-state index contributed by atoms with van der Waals surface area (Å²) in [6.07, 6.45) is 5.12. The van der Waals surface area contributed by atoms with Crippen LogP contribution in [0, 0.1) is 12.3 Å². The van der Waals surface area contributed by atoms with Crippen LogP contribution in [0.5, 0.6) is 0 Å². The van der Waals surface area contributed by atoms with Gasteiger partial charge in [0.2, 0.25) is 0 Å². The number of likely N-dealkylation sites (tertiary alicyclic amines) is 1. The van der Waals surface area contributed by atoms with Crippen molar-refractivity contribution in [2.75, 3.05) is 20.1 Å². The van der Waals surface area contributed by atoms with Gasteiger partial charge in [-0.15, -0.1) is 0 Å². The Hall–Kier alpha value is -1.58. The number of aliphatic imine (C=N–C) groups is 1. The molecule has 0 spiro atoms. The zero-order valence-electron chi connectivity index (χ0n) is 14.5. The third-order valence-corrected chi connectivity index (χ3v) is 4.52. The molecule has 1 N–H and O–H groups in total. The van der Waals surface area contributed by atoms with Gasteiger partial charge in [-0.25, -0.2) is 0 Å². The third-order valence-electron chi connectivity index (χ3n) is 4.52. The summed E-state index contributed by atoms with van der Waals surface area (Å²) in [5, 5.41) is 3.48. The first-order valence-electron chi connectivity index (χ1n) is 8.44. The number of nitrogens with one attached hydrogen (secondary N) is 1. The number of aryl methyl sites for hydroxylation is 1. The van der Waals surface area contributed by atoms with Crippen LogP contribution in [-0.4, -0.2) is 36.0 Å². The highest BCUT2D eigenvalue weighted by atomic mass is 15.3. The van der Waals surface area contributed by atoms with E-state index in [0.29, 0.717) is 5.41 Å². The molecule has 1 atom stereocenters. The lowest BCUT2D eigenvalue weighted by Gasteiger charge is -2.42. The first-order chi connectivity index (χ1) is 10.6. The molecule has 1 fully saturated rings. The molecule has 0 aromatic carbocycles. The van der Waals surface area contributed by atoms with E-state index in [4.69, 9.17) is 0 Å². The van der Waals surface area contributed by atoms with Gasteiger partial charge in [0.1, 0.15) is 0 Å². The molecule has 22 heavy (non-hydrogen) atoms. The van der Waals surface area contributed by atoms with E-state index in [2.05, 4.69) is 46.2 Å². The molecule has 0 radical (unpaired) electrons. The van der Waals surface area contributed by atoms with Crippen molar-refractivity contribution in [2.45, 2.75) is 53.0 Å². The number of hydrogen-bond acceptors (Lipinski definition) is 2. The van der Waals surface area contributed by atoms with Crippen molar-refractivity contribution in [3.05, 3.63) is 29.6 Å². The van der Waals surface area contributed by atoms with Crippen LogP contribution in [0.2, 0.25) is 0 Å². The third kappa shape index (κ3) is 4.46. The van der Waals surface area contributed by atoms with Crippen molar-refractivity contribution in [1.29, 1.82) is 0 Å². The second kappa shape index (κ2) is 7.61. The maximum atomic E-state index is 4.55. The number of aromatic nitrogens is 1. The first kappa shape index (κ1) is 16.8. The minimum Gasteiger partial charge on any atom is -0.351 e. The predicted molar refractivity (Wildman–Crippen MR) is 93.0 cm³/mol. The highest BCUT2D eigenvalue weighted by molar-refractivity contribution is 5.80. The van der Waals surface area contributed by atoms with Gasteiger partial charge >= 0.3 is 0 Å². The Balaban J connectivity index is 1.96. The van der Waals surface area contributed by atoms with E-state index in [1.54, 1.807) is 0 Å². The van der Waals surface area contributed by atoms with Crippen molar-refractivity contribution in [1.82, 2.24) is 15.2 Å². The Morgan fingerprint density at radius 1 is 1.45 bits per heavy atom. The summed E-state index contributed by atoms with van der Waals surface area (Å²) in [6.45, 7) is 9.65. The summed E-state index contributed by atoms with van der Waals surface area (Å²) in [5.74, 6) is 1.00. The Labute approximate surface area is 135 Å². The number of hydrogen-bond donors (Lipinski definition) is 1. The van der Waals surface area contributed by atoms with Crippen molar-refractivity contribution >= 4 is 5.96 Å². The fraction of sp³-hybridized carbons (Fsp3) is 0.667. The minimum absolute atomic E-state index is 0.423. The standard InChI is InChI=1S/C18H30N4/c1-5-10-18(3)11-7-12-22(14-18)17(19-4)20-13-16-9-6-8-15(2)21-16/h6,8-9H,5,7,10-14H2,1-4H3,(H,19,20). The van der Waals surface area contributed by atoms with E-state index in [0.717, 1.165) is 37.0 Å². The average molecular weight is 302 g/mol. The minimum atomic E-state index is 0.423. The molecule has 0 amide bonds. The second-order valence-electron chi connectivity index (χ2n) is 6.76. The van der Waals surface area contributed by atoms with Crippen molar-refractivity contribution < 1.29 is 0 Å². The molecule has 2 rings (SSSR count). The van der Waals surface area contributed by atoms with Crippen LogP contribution in [0.25, 0.3) is 0 Å². The maximum absolute atomic E-state index is 4.55. The van der Waals surface area contributed by atoms with Gasteiger partial charge < -0.3 is 10.2 Å². The van der Waals surface area contributed by atoms with Gasteiger partial charge in [-0.3, -0.25) is 9.98 Å². The molecule has 4 nitrogen and oxygen atoms in total. The van der Waals surface area contributed by atoms with E-state index in [1.807, 2.05) is 20.0 Å². The normalized spacial score (nSPS) is 22.7. The number of nitrogens with zero attached hydrogens (tertiary/aromatic N) is 3. The smallest absolute Gasteiger partial charge is 0.193 e. The Morgan fingerprint density at radius 3 is 2.95 bits per heavy atom. The SMILES string of the molecule is CCCC1(C)CCCN(C(=NC)NCc2cccc(C)n2)C1. The summed E-state index contributed by atoms with van der Waals surface area (Å²) in [6, 6.07) is 6.14. The Morgan fingerprint density at radius 2 is 2.27 bits per heavy atom. The number of rotatable bonds is 4. The maximum Gasteiger partial charge on any atom is 0.193 e. The fourth-order valence-electron chi connectivity index (χ4n) is 3.50. The van der Waals surface area contributed by atoms with Crippen LogP contribution in [0.3, 0.4) is 0 Å². The molecular weight excluding hydrogens is 272 g/mol. The molecule has 4 heteroatoms. The Kier molecular flexibility index (Phi) is 5.81. The monoisotopic (exact) mass is 302 g/mol. The summed E-state index contributed by atoms with van der Waals surface area (Å²) >= 11 is 0. The van der Waals surface area contributed by atoms with Crippen LogP contribution in [-0.2, 0) is 6.54 Å². The molecule has 0 saturated carbocycles. The van der Waals surface area contributed by atoms with Crippen molar-refractivity contribution in [3.63, 3.8) is 0 Å². The van der Waals surface area contributed by atoms with Crippen LogP contribution >= 0.6 is 0 Å². The van der Waals surface area contributed by atoms with Gasteiger partial charge in [0.05, 0.1) is 12.2 Å². The molecule has 1 aliphatic rings. The zero-order valence-corrected chi connectivity index (χ0v) is 14.5. The van der Waals surface area contributed by atoms with Crippen molar-refractivity contribution in [2.24, 2.45) is 10.4 Å². The molecule has 1 aromatic rings. The zero-order chi connectivity index (χ0) is 16.0. The molecule has 122 valence electrons. The van der Waals surface area contributed by atoms with Gasteiger partial charge in [-0.2, -0.15) is 0 Å². The van der Waals surface area contributed by atoms with E-state index in [9.17, 15) is 0 Å². The molecule has 1 aromatic heterocycles. The van der Waals surface area contributed by atoms with E-state index >= 15 is 0 Å². The molecule has 1 unspecified atom stereocenters. The van der Waals surface area contributed by atoms with Crippen LogP contribution in [0.1, 0.15) is 50.9 Å². The van der Waals surface area contributed by atoms with Crippen molar-refractivity contribution in [3.8, 4) is 0 Å². The lowest BCUT2D eigenvalue weighted by molar-refractivity contribution is 0.142. The number of piperidine rings is 1. The molecule has 2 heterocycles. The molecular formula is C18H30N4. The fourth-order valence-corrected chi connectivity index (χ4v) is 3.50. The van der Waals surface area contributed by atoms with Gasteiger partial charge in [0.15, 0.2) is 5.96 Å². The second-order valence-corrected chi connectivity index (χ2v) is 6.76. The lowest BCUT2D eigenvalue weighted by Crippen LogP contribution is -2.49. The topological polar surface area (TPSA) is 40.5 Å². The molecule has 0 bridgehead atoms. The first-order valence-corrected chi connectivity index (χ1v) is 8.44. The predicted octanol–water partition coefficient (Wildman–Crippen LogP) is 3.37. The molecule has 1 saturated heterocycles. The highest BCUT2D eigenvalue weighted by Gasteiger charge is 2.31. The quantitative estimate of drug-likeness (QED) is 0.685. The van der Waals surface area contributed by atoms with Gasteiger partial charge in [0, 0.05) is 25.8 Å². The highest BCUT2D eigenvalue weighted by Crippen LogP contribution is 2.33. The Bertz CT molecular complexity index is 508. The van der Waals surface area contributed by atoms with Crippen LogP contribution < -0.4 is 5.32 Å². The molecule has 1 aliphatic heterocycles. The number of guanidine groups is 1. The van der Waals surface area contributed by atoms with Gasteiger partial charge in [0.25, 0.3) is 0 Å². The summed E-state index contributed by atoms with van der Waals surface area (Å²) < 4.78 is 0. The average Bonchev–Trinajstić information content (AvgIpc) is 2.48. The van der Waals surface area contributed by atoms with Gasteiger partial charge in [-0.1, -0.05) is 26.3 Å². The van der Waals surface area contributed by atoms with E-state index in [-0.39, 0.29) is 0 Å². The lowest BCUT2D eigenvalue weighted by atomic mass is 9.78. The molecule has 0 aliphatic carbocycles. The van der Waals surface area contributed by atoms with E-state index < -0.39 is 0 Å². The van der Waals surface area contributed by atoms with Crippen LogP contribution in [0.4, 0.5) is 0 Å². The number of pyridine rings is 1. The van der Waals surface area contributed by atoms with Crippen LogP contribution in [0.15, 0.2) is 23.2 Å².